The Hall–Kier alpha value is -1.73. The van der Waals surface area contributed by atoms with E-state index < -0.39 is 30.3 Å². The summed E-state index contributed by atoms with van der Waals surface area (Å²) >= 11 is 0. The lowest BCUT2D eigenvalue weighted by molar-refractivity contribution is -0.221. The van der Waals surface area contributed by atoms with Crippen LogP contribution in [0, 0.1) is 0 Å². The Balaban J connectivity index is 1.62. The van der Waals surface area contributed by atoms with Gasteiger partial charge in [-0.1, -0.05) is 24.3 Å². The third-order valence-electron chi connectivity index (χ3n) is 3.88. The predicted molar refractivity (Wildman–Crippen MR) is 85.4 cm³/mol. The number of carbonyl (C=O) groups excluding carboxylic acids is 1. The Morgan fingerprint density at radius 3 is 2.75 bits per heavy atom. The first kappa shape index (κ1) is 17.1. The van der Waals surface area contributed by atoms with Crippen molar-refractivity contribution in [3.63, 3.8) is 0 Å². The number of hydrogen-bond acceptors (Lipinski definition) is 6. The van der Waals surface area contributed by atoms with Crippen LogP contribution in [0.4, 0.5) is 0 Å². The molecule has 0 unspecified atom stereocenters. The van der Waals surface area contributed by atoms with Crippen LogP contribution >= 0.6 is 0 Å². The minimum Gasteiger partial charge on any atom is -0.459 e. The van der Waals surface area contributed by atoms with Gasteiger partial charge in [-0.15, -0.1) is 6.58 Å². The second-order valence-electron chi connectivity index (χ2n) is 6.19. The van der Waals surface area contributed by atoms with Crippen LogP contribution in [0.5, 0.6) is 0 Å². The minimum atomic E-state index is -0.725. The summed E-state index contributed by atoms with van der Waals surface area (Å²) in [6, 6.07) is 8.81. The molecule has 0 N–H and O–H groups in total. The summed E-state index contributed by atoms with van der Waals surface area (Å²) in [5.74, 6) is -1.13. The smallest absolute Gasteiger partial charge is 0.338 e. The van der Waals surface area contributed by atoms with Crippen LogP contribution in [0.25, 0.3) is 0 Å². The van der Waals surface area contributed by atoms with E-state index in [9.17, 15) is 4.79 Å². The van der Waals surface area contributed by atoms with E-state index in [1.54, 1.807) is 30.3 Å². The normalized spacial score (nSPS) is 30.8. The van der Waals surface area contributed by atoms with Crippen LogP contribution in [-0.4, -0.2) is 49.6 Å². The van der Waals surface area contributed by atoms with E-state index in [4.69, 9.17) is 23.7 Å². The molecule has 0 aromatic heterocycles. The topological polar surface area (TPSA) is 63.2 Å². The van der Waals surface area contributed by atoms with Gasteiger partial charge in [-0.25, -0.2) is 4.79 Å². The molecule has 2 aliphatic rings. The molecule has 0 bridgehead atoms. The Bertz CT molecular complexity index is 584. The molecule has 2 heterocycles. The zero-order valence-electron chi connectivity index (χ0n) is 13.8. The van der Waals surface area contributed by atoms with Crippen LogP contribution in [-0.2, 0) is 23.7 Å². The van der Waals surface area contributed by atoms with E-state index in [0.717, 1.165) is 0 Å². The second kappa shape index (κ2) is 7.03. The van der Waals surface area contributed by atoms with E-state index >= 15 is 0 Å². The van der Waals surface area contributed by atoms with Gasteiger partial charge in [-0.2, -0.15) is 0 Å². The molecule has 6 nitrogen and oxygen atoms in total. The molecule has 2 fully saturated rings. The van der Waals surface area contributed by atoms with Gasteiger partial charge in [0.05, 0.1) is 12.2 Å². The first-order valence-electron chi connectivity index (χ1n) is 7.96. The molecule has 0 aliphatic carbocycles. The lowest BCUT2D eigenvalue weighted by atomic mass is 10.1. The van der Waals surface area contributed by atoms with E-state index in [0.29, 0.717) is 12.2 Å². The summed E-state index contributed by atoms with van der Waals surface area (Å²) in [4.78, 5) is 12.1. The van der Waals surface area contributed by atoms with Gasteiger partial charge in [0.2, 0.25) is 0 Å². The lowest BCUT2D eigenvalue weighted by Crippen LogP contribution is -2.39. The van der Waals surface area contributed by atoms with Gasteiger partial charge in [-0.05, 0) is 26.0 Å². The van der Waals surface area contributed by atoms with Crippen molar-refractivity contribution in [1.82, 2.24) is 0 Å². The quantitative estimate of drug-likeness (QED) is 0.587. The highest BCUT2D eigenvalue weighted by molar-refractivity contribution is 5.89. The number of esters is 1. The molecule has 0 amide bonds. The predicted octanol–water partition coefficient (Wildman–Crippen LogP) is 2.29. The van der Waals surface area contributed by atoms with E-state index in [1.807, 2.05) is 19.9 Å². The molecule has 4 atom stereocenters. The highest BCUT2D eigenvalue weighted by Crippen LogP contribution is 2.38. The molecule has 1 aromatic carbocycles. The minimum absolute atomic E-state index is 0.0652. The van der Waals surface area contributed by atoms with E-state index in [-0.39, 0.29) is 12.7 Å². The maximum atomic E-state index is 12.1. The van der Waals surface area contributed by atoms with E-state index in [1.165, 1.54) is 0 Å². The van der Waals surface area contributed by atoms with Crippen molar-refractivity contribution in [2.75, 3.05) is 13.2 Å². The number of hydrogen-bond donors (Lipinski definition) is 0. The average Bonchev–Trinajstić information content (AvgIpc) is 3.03. The van der Waals surface area contributed by atoms with Crippen molar-refractivity contribution in [1.29, 1.82) is 0 Å². The molecule has 6 heteroatoms. The van der Waals surface area contributed by atoms with Crippen molar-refractivity contribution in [2.45, 2.75) is 44.2 Å². The zero-order chi connectivity index (χ0) is 17.2. The highest BCUT2D eigenvalue weighted by atomic mass is 16.8. The fraction of sp³-hybridized carbons (Fsp3) is 0.500. The van der Waals surface area contributed by atoms with Crippen molar-refractivity contribution in [2.24, 2.45) is 0 Å². The summed E-state index contributed by atoms with van der Waals surface area (Å²) in [6.45, 7) is 7.71. The maximum absolute atomic E-state index is 12.1. The van der Waals surface area contributed by atoms with Crippen molar-refractivity contribution in [3.8, 4) is 0 Å². The van der Waals surface area contributed by atoms with Gasteiger partial charge < -0.3 is 23.7 Å². The third kappa shape index (κ3) is 3.67. The fourth-order valence-corrected chi connectivity index (χ4v) is 2.88. The van der Waals surface area contributed by atoms with Crippen LogP contribution in [0.3, 0.4) is 0 Å². The molecule has 1 aromatic rings. The van der Waals surface area contributed by atoms with Gasteiger partial charge in [-0.3, -0.25) is 0 Å². The van der Waals surface area contributed by atoms with Crippen LogP contribution < -0.4 is 0 Å². The summed E-state index contributed by atoms with van der Waals surface area (Å²) < 4.78 is 28.5. The molecule has 0 spiro atoms. The number of carbonyl (C=O) groups is 1. The first-order chi connectivity index (χ1) is 11.5. The Morgan fingerprint density at radius 1 is 1.29 bits per heavy atom. The molecule has 3 rings (SSSR count). The van der Waals surface area contributed by atoms with Gasteiger partial charge in [0.15, 0.2) is 12.1 Å². The summed E-state index contributed by atoms with van der Waals surface area (Å²) in [7, 11) is 0. The van der Waals surface area contributed by atoms with Crippen molar-refractivity contribution < 1.29 is 28.5 Å². The van der Waals surface area contributed by atoms with Gasteiger partial charge in [0, 0.05) is 0 Å². The Labute approximate surface area is 141 Å². The van der Waals surface area contributed by atoms with Crippen molar-refractivity contribution >= 4 is 5.97 Å². The molecule has 2 aliphatic heterocycles. The molecular weight excluding hydrogens is 312 g/mol. The van der Waals surface area contributed by atoms with Gasteiger partial charge >= 0.3 is 5.97 Å². The van der Waals surface area contributed by atoms with E-state index in [2.05, 4.69) is 6.58 Å². The van der Waals surface area contributed by atoms with Crippen LogP contribution in [0.2, 0.25) is 0 Å². The maximum Gasteiger partial charge on any atom is 0.338 e. The first-order valence-corrected chi connectivity index (χ1v) is 7.96. The molecular formula is C18H22O6. The number of fused-ring (bicyclic) bond motifs is 1. The molecule has 130 valence electrons. The summed E-state index contributed by atoms with van der Waals surface area (Å²) in [5, 5.41) is 0. The number of ether oxygens (including phenoxy) is 5. The SMILES string of the molecule is C=CCO[C@@H]1[C@H]2OC(C)(C)O[C@H]2O[C@@H]1COC(=O)c1ccccc1. The largest absolute Gasteiger partial charge is 0.459 e. The number of rotatable bonds is 6. The standard InChI is InChI=1S/C18H22O6/c1-4-10-20-14-13(22-17-15(14)23-18(2,3)24-17)11-21-16(19)12-8-6-5-7-9-12/h4-9,13-15,17H,1,10-11H2,2-3H3/t13-,14+,15-,17-/m1/s1. The van der Waals surface area contributed by atoms with Gasteiger partial charge in [0.25, 0.3) is 0 Å². The monoisotopic (exact) mass is 334 g/mol. The van der Waals surface area contributed by atoms with Crippen LogP contribution in [0.15, 0.2) is 43.0 Å². The Kier molecular flexibility index (Phi) is 5.01. The highest BCUT2D eigenvalue weighted by Gasteiger charge is 2.55. The molecule has 2 saturated heterocycles. The lowest BCUT2D eigenvalue weighted by Gasteiger charge is -2.25. The molecule has 24 heavy (non-hydrogen) atoms. The Morgan fingerprint density at radius 2 is 2.04 bits per heavy atom. The number of benzene rings is 1. The van der Waals surface area contributed by atoms with Crippen LogP contribution in [0.1, 0.15) is 24.2 Å². The second-order valence-corrected chi connectivity index (χ2v) is 6.19. The summed E-state index contributed by atoms with van der Waals surface area (Å²) in [5.41, 5.74) is 0.493. The average molecular weight is 334 g/mol. The molecule has 0 radical (unpaired) electrons. The van der Waals surface area contributed by atoms with Crippen molar-refractivity contribution in [3.05, 3.63) is 48.6 Å². The van der Waals surface area contributed by atoms with Gasteiger partial charge in [0.1, 0.15) is 24.9 Å². The summed E-state index contributed by atoms with van der Waals surface area (Å²) in [6.07, 6.45) is -0.0842. The zero-order valence-corrected chi connectivity index (χ0v) is 13.8. The molecule has 0 saturated carbocycles. The fourth-order valence-electron chi connectivity index (χ4n) is 2.88. The third-order valence-corrected chi connectivity index (χ3v) is 3.88.